The molecule has 3 aromatic rings. The zero-order chi connectivity index (χ0) is 22.1. The molecular weight excluding hydrogens is 402 g/mol. The Balaban J connectivity index is 1.47. The first-order chi connectivity index (χ1) is 15.6. The number of amides is 1. The number of hydrogen-bond acceptors (Lipinski definition) is 4. The number of aryl methyl sites for hydroxylation is 1. The predicted molar refractivity (Wildman–Crippen MR) is 122 cm³/mol. The van der Waals surface area contributed by atoms with Crippen molar-refractivity contribution in [2.45, 2.75) is 19.4 Å². The summed E-state index contributed by atoms with van der Waals surface area (Å²) in [5.74, 6) is 0.762. The number of morpholine rings is 1. The van der Waals surface area contributed by atoms with Crippen molar-refractivity contribution in [3.05, 3.63) is 95.2 Å². The molecule has 0 unspecified atom stereocenters. The van der Waals surface area contributed by atoms with Gasteiger partial charge in [0, 0.05) is 17.5 Å². The largest absolute Gasteiger partial charge is 0.495 e. The molecule has 6 nitrogen and oxygen atoms in total. The maximum atomic E-state index is 13.5. The van der Waals surface area contributed by atoms with Crippen LogP contribution >= 0.6 is 0 Å². The molecule has 0 spiro atoms. The zero-order valence-corrected chi connectivity index (χ0v) is 18.2. The van der Waals surface area contributed by atoms with E-state index in [1.807, 2.05) is 77.2 Å². The van der Waals surface area contributed by atoms with E-state index in [1.165, 1.54) is 0 Å². The van der Waals surface area contributed by atoms with E-state index < -0.39 is 0 Å². The molecule has 1 amide bonds. The summed E-state index contributed by atoms with van der Waals surface area (Å²) in [4.78, 5) is 19.7. The number of hydrogen-bond donors (Lipinski definition) is 0. The highest BCUT2D eigenvalue weighted by Crippen LogP contribution is 2.35. The lowest BCUT2D eigenvalue weighted by atomic mass is 9.96. The Bertz CT molecular complexity index is 1210. The first kappa shape index (κ1) is 20.3. The number of imidazole rings is 1. The predicted octanol–water partition coefficient (Wildman–Crippen LogP) is 4.46. The molecule has 2 aliphatic heterocycles. The van der Waals surface area contributed by atoms with E-state index in [1.54, 1.807) is 13.4 Å². The molecule has 0 saturated carbocycles. The van der Waals surface area contributed by atoms with Crippen LogP contribution in [0.3, 0.4) is 0 Å². The fourth-order valence-corrected chi connectivity index (χ4v) is 4.31. The number of carbonyl (C=O) groups excluding carboxylic acids is 1. The lowest BCUT2D eigenvalue weighted by Crippen LogP contribution is -2.44. The molecule has 162 valence electrons. The lowest BCUT2D eigenvalue weighted by Gasteiger charge is -2.40. The second-order valence-corrected chi connectivity index (χ2v) is 8.04. The van der Waals surface area contributed by atoms with E-state index in [9.17, 15) is 4.79 Å². The molecular formula is C26H25N3O3. The minimum atomic E-state index is -0.117. The SMILES string of the molecule is COc1cc(C=C2CC=C3COC[C@@H](c4ccccc4)N3C2=O)ccc1-n1cnc(C)c1. The van der Waals surface area contributed by atoms with Crippen molar-refractivity contribution in [1.82, 2.24) is 14.5 Å². The number of benzene rings is 2. The summed E-state index contributed by atoms with van der Waals surface area (Å²) in [6.45, 7) is 2.91. The Labute approximate surface area is 187 Å². The fraction of sp³-hybridized carbons (Fsp3) is 0.231. The average molecular weight is 428 g/mol. The highest BCUT2D eigenvalue weighted by atomic mass is 16.5. The van der Waals surface area contributed by atoms with Gasteiger partial charge in [-0.05, 0) is 42.7 Å². The molecule has 0 radical (unpaired) electrons. The third kappa shape index (κ3) is 3.74. The Morgan fingerprint density at radius 1 is 1.19 bits per heavy atom. The standard InChI is InChI=1S/C26H25N3O3/c1-18-14-28(17-27-18)23-11-8-19(13-25(23)31-2)12-21-9-10-22-15-32-16-24(29(22)26(21)30)20-6-4-3-5-7-20/h3-8,10-14,17,24H,9,15-16H2,1-2H3/t24-/m0/s1. The van der Waals surface area contributed by atoms with Crippen LogP contribution in [0.25, 0.3) is 11.8 Å². The van der Waals surface area contributed by atoms with Gasteiger partial charge in [-0.3, -0.25) is 4.79 Å². The van der Waals surface area contributed by atoms with Gasteiger partial charge in [-0.2, -0.15) is 0 Å². The van der Waals surface area contributed by atoms with E-state index >= 15 is 0 Å². The number of carbonyl (C=O) groups is 1. The summed E-state index contributed by atoms with van der Waals surface area (Å²) in [5, 5.41) is 0. The minimum Gasteiger partial charge on any atom is -0.495 e. The molecule has 0 aliphatic carbocycles. The number of allylic oxidation sites excluding steroid dienone is 1. The molecule has 32 heavy (non-hydrogen) atoms. The first-order valence-corrected chi connectivity index (χ1v) is 10.7. The number of aromatic nitrogens is 2. The number of rotatable bonds is 4. The van der Waals surface area contributed by atoms with E-state index in [4.69, 9.17) is 9.47 Å². The molecule has 2 aliphatic rings. The monoisotopic (exact) mass is 427 g/mol. The van der Waals surface area contributed by atoms with E-state index in [0.29, 0.717) is 19.6 Å². The van der Waals surface area contributed by atoms with E-state index in [2.05, 4.69) is 11.1 Å². The quantitative estimate of drug-likeness (QED) is 0.577. The normalized spacial score (nSPS) is 19.6. The summed E-state index contributed by atoms with van der Waals surface area (Å²) in [6.07, 6.45) is 8.36. The van der Waals surface area contributed by atoms with Gasteiger partial charge in [0.25, 0.3) is 5.91 Å². The zero-order valence-electron chi connectivity index (χ0n) is 18.2. The van der Waals surface area contributed by atoms with Gasteiger partial charge in [0.1, 0.15) is 5.75 Å². The van der Waals surface area contributed by atoms with Crippen molar-refractivity contribution in [2.75, 3.05) is 20.3 Å². The van der Waals surface area contributed by atoms with Crippen LogP contribution in [0.2, 0.25) is 0 Å². The number of ether oxygens (including phenoxy) is 2. The molecule has 1 saturated heterocycles. The molecule has 6 heteroatoms. The highest BCUT2D eigenvalue weighted by Gasteiger charge is 2.35. The van der Waals surface area contributed by atoms with Gasteiger partial charge in [-0.25, -0.2) is 4.98 Å². The number of nitrogens with zero attached hydrogens (tertiary/aromatic N) is 3. The highest BCUT2D eigenvalue weighted by molar-refractivity contribution is 6.00. The summed E-state index contributed by atoms with van der Waals surface area (Å²) in [7, 11) is 1.65. The fourth-order valence-electron chi connectivity index (χ4n) is 4.31. The van der Waals surface area contributed by atoms with Crippen molar-refractivity contribution in [3.63, 3.8) is 0 Å². The molecule has 0 N–H and O–H groups in total. The van der Waals surface area contributed by atoms with Gasteiger partial charge in [-0.1, -0.05) is 42.5 Å². The van der Waals surface area contributed by atoms with Gasteiger partial charge in [0.05, 0.1) is 44.1 Å². The van der Waals surface area contributed by atoms with Crippen LogP contribution in [0, 0.1) is 6.92 Å². The van der Waals surface area contributed by atoms with Gasteiger partial charge in [0.15, 0.2) is 0 Å². The van der Waals surface area contributed by atoms with Gasteiger partial charge in [0.2, 0.25) is 0 Å². The third-order valence-corrected chi connectivity index (χ3v) is 5.92. The second-order valence-electron chi connectivity index (χ2n) is 8.04. The van der Waals surface area contributed by atoms with Crippen molar-refractivity contribution in [1.29, 1.82) is 0 Å². The van der Waals surface area contributed by atoms with Crippen LogP contribution in [0.15, 0.2) is 78.4 Å². The maximum absolute atomic E-state index is 13.5. The molecule has 0 bridgehead atoms. The third-order valence-electron chi connectivity index (χ3n) is 5.92. The molecule has 1 fully saturated rings. The van der Waals surface area contributed by atoms with Gasteiger partial charge >= 0.3 is 0 Å². The van der Waals surface area contributed by atoms with Crippen LogP contribution in [-0.2, 0) is 9.53 Å². The van der Waals surface area contributed by atoms with Crippen molar-refractivity contribution in [3.8, 4) is 11.4 Å². The number of methoxy groups -OCH3 is 1. The maximum Gasteiger partial charge on any atom is 0.255 e. The summed E-state index contributed by atoms with van der Waals surface area (Å²) >= 11 is 0. The summed E-state index contributed by atoms with van der Waals surface area (Å²) in [6, 6.07) is 15.9. The smallest absolute Gasteiger partial charge is 0.255 e. The van der Waals surface area contributed by atoms with Crippen LogP contribution in [-0.4, -0.2) is 40.7 Å². The van der Waals surface area contributed by atoms with Gasteiger partial charge in [-0.15, -0.1) is 0 Å². The second kappa shape index (κ2) is 8.48. The summed E-state index contributed by atoms with van der Waals surface area (Å²) < 4.78 is 13.3. The molecule has 1 aromatic heterocycles. The van der Waals surface area contributed by atoms with Gasteiger partial charge < -0.3 is 18.9 Å². The van der Waals surface area contributed by atoms with Crippen LogP contribution in [0.5, 0.6) is 5.75 Å². The Morgan fingerprint density at radius 2 is 2.03 bits per heavy atom. The lowest BCUT2D eigenvalue weighted by molar-refractivity contribution is -0.132. The first-order valence-electron chi connectivity index (χ1n) is 10.7. The van der Waals surface area contributed by atoms with Crippen molar-refractivity contribution < 1.29 is 14.3 Å². The average Bonchev–Trinajstić information content (AvgIpc) is 3.27. The minimum absolute atomic E-state index is 0.0351. The van der Waals surface area contributed by atoms with Crippen molar-refractivity contribution in [2.24, 2.45) is 0 Å². The molecule has 5 rings (SSSR count). The topological polar surface area (TPSA) is 56.6 Å². The van der Waals surface area contributed by atoms with E-state index in [-0.39, 0.29) is 11.9 Å². The Morgan fingerprint density at radius 3 is 2.78 bits per heavy atom. The van der Waals surface area contributed by atoms with Crippen LogP contribution < -0.4 is 4.74 Å². The molecule has 3 heterocycles. The molecule has 1 atom stereocenters. The van der Waals surface area contributed by atoms with Crippen LogP contribution in [0.4, 0.5) is 0 Å². The van der Waals surface area contributed by atoms with E-state index in [0.717, 1.165) is 39.5 Å². The molecule has 2 aromatic carbocycles. The van der Waals surface area contributed by atoms with Crippen molar-refractivity contribution >= 4 is 12.0 Å². The summed E-state index contributed by atoms with van der Waals surface area (Å²) in [5.41, 5.74) is 5.54. The Kier molecular flexibility index (Phi) is 5.37. The van der Waals surface area contributed by atoms with Crippen LogP contribution in [0.1, 0.15) is 29.3 Å². The Hall–Kier alpha value is -3.64. The number of fused-ring (bicyclic) bond motifs is 1.